The molecule has 1 aliphatic carbocycles. The fourth-order valence-corrected chi connectivity index (χ4v) is 2.36. The molecule has 21 heavy (non-hydrogen) atoms. The van der Waals surface area contributed by atoms with Crippen LogP contribution in [0.25, 0.3) is 0 Å². The number of hydrogen-bond acceptors (Lipinski definition) is 6. The Morgan fingerprint density at radius 1 is 1.48 bits per heavy atom. The molecular formula is C13H16BrNO6. The number of methoxy groups -OCH3 is 1. The van der Waals surface area contributed by atoms with E-state index in [1.807, 2.05) is 0 Å². The monoisotopic (exact) mass is 361 g/mol. The summed E-state index contributed by atoms with van der Waals surface area (Å²) in [5.41, 5.74) is -0.0510. The van der Waals surface area contributed by atoms with Gasteiger partial charge in [-0.15, -0.1) is 0 Å². The van der Waals surface area contributed by atoms with Gasteiger partial charge in [0.15, 0.2) is 0 Å². The number of nitro groups is 1. The summed E-state index contributed by atoms with van der Waals surface area (Å²) in [6.07, 6.45) is -0.960. The minimum absolute atomic E-state index is 0.0510. The van der Waals surface area contributed by atoms with Crippen LogP contribution in [-0.2, 0) is 9.47 Å². The van der Waals surface area contributed by atoms with E-state index in [1.165, 1.54) is 12.1 Å². The molecule has 1 fully saturated rings. The standard InChI is InChI=1S/C13H16BrNO6/c1-19-4-5-20-13-10(16)7-12(13)21-11-6-8(15(17)18)2-3-9(11)14/h2-3,6,10,12-13,16H,4-5,7H2,1H3. The Balaban J connectivity index is 2.00. The number of nitro benzene ring substituents is 1. The number of hydrogen-bond donors (Lipinski definition) is 1. The fourth-order valence-electron chi connectivity index (χ4n) is 2.02. The van der Waals surface area contributed by atoms with Crippen LogP contribution in [-0.4, -0.2) is 48.7 Å². The molecule has 2 rings (SSSR count). The Bertz CT molecular complexity index is 511. The zero-order chi connectivity index (χ0) is 15.4. The highest BCUT2D eigenvalue weighted by atomic mass is 79.9. The SMILES string of the molecule is COCCOC1C(O)CC1Oc1cc([N+](=O)[O-])ccc1Br. The number of aliphatic hydroxyl groups is 1. The minimum atomic E-state index is -0.593. The highest BCUT2D eigenvalue weighted by Crippen LogP contribution is 2.35. The van der Waals surface area contributed by atoms with Crippen LogP contribution >= 0.6 is 15.9 Å². The van der Waals surface area contributed by atoms with Gasteiger partial charge in [0.05, 0.1) is 34.8 Å². The van der Waals surface area contributed by atoms with Gasteiger partial charge in [-0.3, -0.25) is 10.1 Å². The molecule has 8 heteroatoms. The molecule has 0 radical (unpaired) electrons. The third-order valence-corrected chi connectivity index (χ3v) is 3.88. The minimum Gasteiger partial charge on any atom is -0.486 e. The smallest absolute Gasteiger partial charge is 0.273 e. The van der Waals surface area contributed by atoms with Gasteiger partial charge in [-0.1, -0.05) is 0 Å². The number of nitrogens with zero attached hydrogens (tertiary/aromatic N) is 1. The van der Waals surface area contributed by atoms with Crippen LogP contribution < -0.4 is 4.74 Å². The zero-order valence-electron chi connectivity index (χ0n) is 11.4. The third kappa shape index (κ3) is 3.91. The van der Waals surface area contributed by atoms with Gasteiger partial charge in [0.2, 0.25) is 0 Å². The largest absolute Gasteiger partial charge is 0.486 e. The average Bonchev–Trinajstić information content (AvgIpc) is 2.44. The van der Waals surface area contributed by atoms with Crippen LogP contribution in [0.1, 0.15) is 6.42 Å². The molecule has 1 saturated carbocycles. The second-order valence-corrected chi connectivity index (χ2v) is 5.51. The maximum Gasteiger partial charge on any atom is 0.273 e. The van der Waals surface area contributed by atoms with E-state index < -0.39 is 17.1 Å². The molecule has 1 aliphatic rings. The van der Waals surface area contributed by atoms with Crippen molar-refractivity contribution in [3.8, 4) is 5.75 Å². The second kappa shape index (κ2) is 7.17. The van der Waals surface area contributed by atoms with Crippen molar-refractivity contribution in [1.82, 2.24) is 0 Å². The van der Waals surface area contributed by atoms with Gasteiger partial charge in [-0.05, 0) is 22.0 Å². The Morgan fingerprint density at radius 2 is 2.24 bits per heavy atom. The summed E-state index contributed by atoms with van der Waals surface area (Å²) in [6.45, 7) is 0.782. The summed E-state index contributed by atoms with van der Waals surface area (Å²) in [6, 6.07) is 4.30. The van der Waals surface area contributed by atoms with E-state index in [1.54, 1.807) is 13.2 Å². The molecule has 0 bridgehead atoms. The number of benzene rings is 1. The Morgan fingerprint density at radius 3 is 2.86 bits per heavy atom. The van der Waals surface area contributed by atoms with Crippen molar-refractivity contribution in [2.45, 2.75) is 24.7 Å². The lowest BCUT2D eigenvalue weighted by Crippen LogP contribution is -2.55. The molecule has 1 aromatic carbocycles. The van der Waals surface area contributed by atoms with E-state index in [0.29, 0.717) is 29.9 Å². The maximum absolute atomic E-state index is 10.8. The van der Waals surface area contributed by atoms with E-state index in [0.717, 1.165) is 0 Å². The second-order valence-electron chi connectivity index (χ2n) is 4.66. The maximum atomic E-state index is 10.8. The van der Waals surface area contributed by atoms with Crippen LogP contribution in [0.4, 0.5) is 5.69 Å². The molecule has 3 atom stereocenters. The summed E-state index contributed by atoms with van der Waals surface area (Å²) < 4.78 is 16.7. The van der Waals surface area contributed by atoms with Gasteiger partial charge in [0.25, 0.3) is 5.69 Å². The fraction of sp³-hybridized carbons (Fsp3) is 0.538. The van der Waals surface area contributed by atoms with Crippen molar-refractivity contribution in [3.05, 3.63) is 32.8 Å². The van der Waals surface area contributed by atoms with Gasteiger partial charge in [0, 0.05) is 19.6 Å². The first-order valence-corrected chi connectivity index (χ1v) is 7.21. The lowest BCUT2D eigenvalue weighted by molar-refractivity contribution is -0.385. The summed E-state index contributed by atoms with van der Waals surface area (Å²) in [5, 5.41) is 20.5. The lowest BCUT2D eigenvalue weighted by atomic mass is 9.88. The third-order valence-electron chi connectivity index (χ3n) is 3.22. The van der Waals surface area contributed by atoms with Crippen molar-refractivity contribution < 1.29 is 24.2 Å². The number of halogens is 1. The van der Waals surface area contributed by atoms with E-state index in [2.05, 4.69) is 15.9 Å². The predicted octanol–water partition coefficient (Wildman–Crippen LogP) is 1.90. The Hall–Kier alpha value is -1.22. The van der Waals surface area contributed by atoms with Gasteiger partial charge in [-0.2, -0.15) is 0 Å². The van der Waals surface area contributed by atoms with Crippen molar-refractivity contribution in [3.63, 3.8) is 0 Å². The molecule has 1 aromatic rings. The first kappa shape index (κ1) is 16.2. The summed E-state index contributed by atoms with van der Waals surface area (Å²) in [7, 11) is 1.56. The number of rotatable bonds is 7. The molecule has 0 aromatic heterocycles. The molecule has 116 valence electrons. The zero-order valence-corrected chi connectivity index (χ0v) is 13.0. The first-order valence-electron chi connectivity index (χ1n) is 6.42. The molecule has 3 unspecified atom stereocenters. The highest BCUT2D eigenvalue weighted by Gasteiger charge is 2.43. The number of aliphatic hydroxyl groups excluding tert-OH is 1. The summed E-state index contributed by atoms with van der Waals surface area (Å²) in [4.78, 5) is 10.3. The van der Waals surface area contributed by atoms with Crippen molar-refractivity contribution in [2.75, 3.05) is 20.3 Å². The van der Waals surface area contributed by atoms with E-state index in [9.17, 15) is 15.2 Å². The molecular weight excluding hydrogens is 346 g/mol. The van der Waals surface area contributed by atoms with Gasteiger partial charge in [0.1, 0.15) is 18.0 Å². The molecule has 7 nitrogen and oxygen atoms in total. The van der Waals surface area contributed by atoms with Crippen LogP contribution in [0.5, 0.6) is 5.75 Å². The molecule has 0 aliphatic heterocycles. The van der Waals surface area contributed by atoms with Crippen LogP contribution in [0.2, 0.25) is 0 Å². The van der Waals surface area contributed by atoms with Gasteiger partial charge >= 0.3 is 0 Å². The molecule has 0 saturated heterocycles. The van der Waals surface area contributed by atoms with Gasteiger partial charge in [-0.25, -0.2) is 0 Å². The molecule has 0 amide bonds. The predicted molar refractivity (Wildman–Crippen MR) is 77.5 cm³/mol. The summed E-state index contributed by atoms with van der Waals surface area (Å²) in [5.74, 6) is 0.362. The number of ether oxygens (including phenoxy) is 3. The molecule has 0 spiro atoms. The van der Waals surface area contributed by atoms with E-state index in [4.69, 9.17) is 14.2 Å². The van der Waals surface area contributed by atoms with Crippen molar-refractivity contribution in [1.29, 1.82) is 0 Å². The van der Waals surface area contributed by atoms with E-state index in [-0.39, 0.29) is 11.8 Å². The average molecular weight is 362 g/mol. The Kier molecular flexibility index (Phi) is 5.51. The van der Waals surface area contributed by atoms with E-state index >= 15 is 0 Å². The van der Waals surface area contributed by atoms with Crippen LogP contribution in [0, 0.1) is 10.1 Å². The quantitative estimate of drug-likeness (QED) is 0.453. The highest BCUT2D eigenvalue weighted by molar-refractivity contribution is 9.10. The van der Waals surface area contributed by atoms with Crippen molar-refractivity contribution >= 4 is 21.6 Å². The van der Waals surface area contributed by atoms with Crippen LogP contribution in [0.3, 0.4) is 0 Å². The Labute approximate surface area is 130 Å². The first-order chi connectivity index (χ1) is 10.0. The van der Waals surface area contributed by atoms with Gasteiger partial charge < -0.3 is 19.3 Å². The number of non-ortho nitro benzene ring substituents is 1. The topological polar surface area (TPSA) is 91.1 Å². The van der Waals surface area contributed by atoms with Crippen molar-refractivity contribution in [2.24, 2.45) is 0 Å². The molecule has 1 N–H and O–H groups in total. The van der Waals surface area contributed by atoms with Crippen LogP contribution in [0.15, 0.2) is 22.7 Å². The lowest BCUT2D eigenvalue weighted by Gasteiger charge is -2.40. The summed E-state index contributed by atoms with van der Waals surface area (Å²) >= 11 is 3.29. The molecule has 0 heterocycles. The normalized spacial score (nSPS) is 24.4.